The zero-order chi connectivity index (χ0) is 15.6. The second-order valence-corrected chi connectivity index (χ2v) is 5.16. The van der Waals surface area contributed by atoms with Crippen LogP contribution in [-0.4, -0.2) is 11.2 Å². The van der Waals surface area contributed by atoms with E-state index in [-0.39, 0.29) is 5.69 Å². The van der Waals surface area contributed by atoms with Gasteiger partial charge in [-0.25, -0.2) is 14.8 Å². The fourth-order valence-corrected chi connectivity index (χ4v) is 2.42. The maximum Gasteiger partial charge on any atom is 0.363 e. The molecule has 0 aliphatic heterocycles. The molecule has 23 heavy (non-hydrogen) atoms. The van der Waals surface area contributed by atoms with Crippen LogP contribution in [-0.2, 0) is 0 Å². The van der Waals surface area contributed by atoms with Crippen molar-refractivity contribution in [1.82, 2.24) is 4.98 Å². The summed E-state index contributed by atoms with van der Waals surface area (Å²) in [4.78, 5) is 20.7. The molecule has 2 aromatic heterocycles. The molecule has 2 aromatic carbocycles. The van der Waals surface area contributed by atoms with Crippen LogP contribution in [0.2, 0.25) is 0 Å². The molecule has 4 nitrogen and oxygen atoms in total. The molecule has 4 heteroatoms. The molecule has 4 aromatic rings. The van der Waals surface area contributed by atoms with E-state index in [0.29, 0.717) is 5.71 Å². The topological polar surface area (TPSA) is 55.5 Å². The van der Waals surface area contributed by atoms with E-state index >= 15 is 0 Å². The van der Waals surface area contributed by atoms with E-state index in [0.717, 1.165) is 21.9 Å². The minimum atomic E-state index is -0.493. The smallest absolute Gasteiger partial charge is 0.363 e. The molecule has 0 unspecified atom stereocenters. The molecule has 0 aliphatic rings. The van der Waals surface area contributed by atoms with Gasteiger partial charge in [0.25, 0.3) is 0 Å². The molecular formula is C19H12N2O2. The number of hydrogen-bond acceptors (Lipinski definition) is 4. The minimum Gasteiger partial charge on any atom is -0.402 e. The predicted molar refractivity (Wildman–Crippen MR) is 91.5 cm³/mol. The van der Waals surface area contributed by atoms with Crippen LogP contribution in [0.15, 0.2) is 80.9 Å². The molecule has 0 fully saturated rings. The van der Waals surface area contributed by atoms with Crippen molar-refractivity contribution in [3.05, 3.63) is 82.7 Å². The summed E-state index contributed by atoms with van der Waals surface area (Å²) in [5.74, 6) is 0. The first kappa shape index (κ1) is 13.4. The van der Waals surface area contributed by atoms with Gasteiger partial charge in [0.2, 0.25) is 5.71 Å². The van der Waals surface area contributed by atoms with Crippen molar-refractivity contribution in [2.75, 3.05) is 0 Å². The molecule has 0 saturated carbocycles. The van der Waals surface area contributed by atoms with Gasteiger partial charge in [-0.1, -0.05) is 48.5 Å². The van der Waals surface area contributed by atoms with Crippen molar-refractivity contribution < 1.29 is 4.42 Å². The molecule has 0 saturated heterocycles. The molecule has 0 bridgehead atoms. The molecule has 110 valence electrons. The van der Waals surface area contributed by atoms with Crippen LogP contribution in [0, 0.1) is 0 Å². The first-order valence-corrected chi connectivity index (χ1v) is 7.22. The van der Waals surface area contributed by atoms with E-state index in [1.165, 1.54) is 0 Å². The monoisotopic (exact) mass is 300 g/mol. The van der Waals surface area contributed by atoms with E-state index in [1.807, 2.05) is 60.7 Å². The van der Waals surface area contributed by atoms with Gasteiger partial charge in [0.15, 0.2) is 0 Å². The number of aliphatic imine (C=N–C) groups is 1. The van der Waals surface area contributed by atoms with Gasteiger partial charge in [0.1, 0.15) is 5.69 Å². The first-order chi connectivity index (χ1) is 11.3. The predicted octanol–water partition coefficient (Wildman–Crippen LogP) is 4.09. The molecular weight excluding hydrogens is 288 g/mol. The summed E-state index contributed by atoms with van der Waals surface area (Å²) in [7, 11) is 0. The fraction of sp³-hybridized carbons (Fsp3) is 0. The Bertz CT molecular complexity index is 1080. The largest absolute Gasteiger partial charge is 0.402 e. The van der Waals surface area contributed by atoms with Gasteiger partial charge in [-0.3, -0.25) is 0 Å². The number of rotatable bonds is 2. The second kappa shape index (κ2) is 5.50. The summed E-state index contributed by atoms with van der Waals surface area (Å²) in [6.07, 6.45) is 1.65. The van der Waals surface area contributed by atoms with E-state index in [4.69, 9.17) is 4.42 Å². The van der Waals surface area contributed by atoms with Crippen molar-refractivity contribution in [2.45, 2.75) is 0 Å². The SMILES string of the molecule is O=c1oc2nc3ccccc3cc2cc1N=Cc1ccccc1. The van der Waals surface area contributed by atoms with Crippen molar-refractivity contribution in [2.24, 2.45) is 4.99 Å². The summed E-state index contributed by atoms with van der Waals surface area (Å²) in [5.41, 5.74) is 1.81. The second-order valence-electron chi connectivity index (χ2n) is 5.16. The normalized spacial score (nSPS) is 11.5. The first-order valence-electron chi connectivity index (χ1n) is 7.22. The Labute approximate surface area is 131 Å². The highest BCUT2D eigenvalue weighted by molar-refractivity contribution is 5.91. The van der Waals surface area contributed by atoms with Crippen LogP contribution >= 0.6 is 0 Å². The quantitative estimate of drug-likeness (QED) is 0.414. The number of aromatic nitrogens is 1. The third-order valence-electron chi connectivity index (χ3n) is 3.56. The molecule has 0 amide bonds. The average molecular weight is 300 g/mol. The number of hydrogen-bond donors (Lipinski definition) is 0. The Morgan fingerprint density at radius 2 is 1.70 bits per heavy atom. The van der Waals surface area contributed by atoms with Gasteiger partial charge < -0.3 is 4.42 Å². The summed E-state index contributed by atoms with van der Waals surface area (Å²) >= 11 is 0. The van der Waals surface area contributed by atoms with E-state index in [2.05, 4.69) is 9.98 Å². The van der Waals surface area contributed by atoms with Gasteiger partial charge in [-0.05, 0) is 23.8 Å². The molecule has 0 atom stereocenters. The summed E-state index contributed by atoms with van der Waals surface area (Å²) in [5, 5.41) is 1.75. The van der Waals surface area contributed by atoms with E-state index < -0.39 is 5.63 Å². The van der Waals surface area contributed by atoms with Crippen LogP contribution in [0.4, 0.5) is 5.69 Å². The maximum atomic E-state index is 12.1. The summed E-state index contributed by atoms with van der Waals surface area (Å²) < 4.78 is 5.31. The third-order valence-corrected chi connectivity index (χ3v) is 3.56. The lowest BCUT2D eigenvalue weighted by Gasteiger charge is -2.01. The minimum absolute atomic E-state index is 0.262. The molecule has 0 spiro atoms. The standard InChI is InChI=1S/C19H12N2O2/c22-19-17(20-12-13-6-2-1-3-7-13)11-15-10-14-8-4-5-9-16(14)21-18(15)23-19/h1-12H. The van der Waals surface area contributed by atoms with Crippen molar-refractivity contribution in [3.63, 3.8) is 0 Å². The van der Waals surface area contributed by atoms with Gasteiger partial charge in [0, 0.05) is 17.0 Å². The number of fused-ring (bicyclic) bond motifs is 2. The van der Waals surface area contributed by atoms with Crippen molar-refractivity contribution in [1.29, 1.82) is 0 Å². The number of para-hydroxylation sites is 1. The summed E-state index contributed by atoms with van der Waals surface area (Å²) in [6.45, 7) is 0. The zero-order valence-corrected chi connectivity index (χ0v) is 12.1. The van der Waals surface area contributed by atoms with Crippen LogP contribution in [0.1, 0.15) is 5.56 Å². The maximum absolute atomic E-state index is 12.1. The Hall–Kier alpha value is -3.27. The molecule has 0 N–H and O–H groups in total. The van der Waals surface area contributed by atoms with Gasteiger partial charge in [-0.2, -0.15) is 0 Å². The zero-order valence-electron chi connectivity index (χ0n) is 12.1. The number of pyridine rings is 1. The molecule has 0 aliphatic carbocycles. The Balaban J connectivity index is 1.84. The molecule has 2 heterocycles. The fourth-order valence-electron chi connectivity index (χ4n) is 2.42. The van der Waals surface area contributed by atoms with Gasteiger partial charge >= 0.3 is 5.63 Å². The summed E-state index contributed by atoms with van der Waals surface area (Å²) in [6, 6.07) is 21.0. The Morgan fingerprint density at radius 3 is 2.57 bits per heavy atom. The Kier molecular flexibility index (Phi) is 3.20. The highest BCUT2D eigenvalue weighted by Gasteiger charge is 2.06. The van der Waals surface area contributed by atoms with E-state index in [9.17, 15) is 4.79 Å². The highest BCUT2D eigenvalue weighted by atomic mass is 16.4. The van der Waals surface area contributed by atoms with Crippen LogP contribution in [0.25, 0.3) is 22.0 Å². The lowest BCUT2D eigenvalue weighted by Crippen LogP contribution is -1.99. The van der Waals surface area contributed by atoms with Gasteiger partial charge in [0.05, 0.1) is 5.52 Å². The highest BCUT2D eigenvalue weighted by Crippen LogP contribution is 2.21. The third kappa shape index (κ3) is 2.62. The Morgan fingerprint density at radius 1 is 0.913 bits per heavy atom. The average Bonchev–Trinajstić information content (AvgIpc) is 2.59. The lowest BCUT2D eigenvalue weighted by atomic mass is 10.2. The van der Waals surface area contributed by atoms with Gasteiger partial charge in [-0.15, -0.1) is 0 Å². The number of nitrogens with zero attached hydrogens (tertiary/aromatic N) is 2. The lowest BCUT2D eigenvalue weighted by molar-refractivity contribution is 0.552. The van der Waals surface area contributed by atoms with Crippen LogP contribution < -0.4 is 5.63 Å². The molecule has 0 radical (unpaired) electrons. The molecule has 4 rings (SSSR count). The van der Waals surface area contributed by atoms with Crippen molar-refractivity contribution >= 4 is 33.9 Å². The van der Waals surface area contributed by atoms with Crippen LogP contribution in [0.3, 0.4) is 0 Å². The number of benzene rings is 2. The van der Waals surface area contributed by atoms with Crippen LogP contribution in [0.5, 0.6) is 0 Å². The van der Waals surface area contributed by atoms with E-state index in [1.54, 1.807) is 12.3 Å². The van der Waals surface area contributed by atoms with Crippen molar-refractivity contribution in [3.8, 4) is 0 Å².